The van der Waals surface area contributed by atoms with Gasteiger partial charge in [0.25, 0.3) is 11.7 Å². The molecule has 0 saturated carbocycles. The lowest BCUT2D eigenvalue weighted by molar-refractivity contribution is -0.140. The van der Waals surface area contributed by atoms with Crippen molar-refractivity contribution in [2.45, 2.75) is 6.04 Å². The molecule has 1 unspecified atom stereocenters. The van der Waals surface area contributed by atoms with Crippen molar-refractivity contribution < 1.29 is 24.2 Å². The minimum atomic E-state index is -0.832. The minimum absolute atomic E-state index is 0.0285. The molecule has 8 heteroatoms. The summed E-state index contributed by atoms with van der Waals surface area (Å²) in [6.07, 6.45) is 1.62. The summed E-state index contributed by atoms with van der Waals surface area (Å²) in [5, 5.41) is 11.6. The molecule has 1 saturated heterocycles. The monoisotopic (exact) mass is 461 g/mol. The Morgan fingerprint density at radius 1 is 1.16 bits per heavy atom. The molecule has 0 aromatic heterocycles. The van der Waals surface area contributed by atoms with Gasteiger partial charge in [-0.25, -0.2) is 0 Å². The summed E-state index contributed by atoms with van der Waals surface area (Å²) >= 11 is 12.2. The van der Waals surface area contributed by atoms with Crippen molar-refractivity contribution >= 4 is 40.7 Å². The van der Waals surface area contributed by atoms with Crippen LogP contribution in [-0.4, -0.2) is 48.6 Å². The normalized spacial score (nSPS) is 17.8. The van der Waals surface area contributed by atoms with Crippen molar-refractivity contribution in [3.8, 4) is 5.75 Å². The fourth-order valence-corrected chi connectivity index (χ4v) is 3.66. The van der Waals surface area contributed by atoms with E-state index < -0.39 is 17.7 Å². The second-order valence-electron chi connectivity index (χ2n) is 6.78. The first-order chi connectivity index (χ1) is 14.9. The Labute approximate surface area is 190 Å². The van der Waals surface area contributed by atoms with Gasteiger partial charge in [-0.1, -0.05) is 41.9 Å². The van der Waals surface area contributed by atoms with Crippen LogP contribution in [0.2, 0.25) is 10.0 Å². The van der Waals surface area contributed by atoms with Crippen LogP contribution in [0.5, 0.6) is 5.75 Å². The lowest BCUT2D eigenvalue weighted by atomic mass is 9.95. The van der Waals surface area contributed by atoms with Crippen LogP contribution < -0.4 is 4.74 Å². The largest absolute Gasteiger partial charge is 0.507 e. The molecule has 2 aromatic rings. The lowest BCUT2D eigenvalue weighted by Gasteiger charge is -2.25. The molecule has 1 aliphatic heterocycles. The molecule has 31 heavy (non-hydrogen) atoms. The van der Waals surface area contributed by atoms with Gasteiger partial charge in [0.1, 0.15) is 18.1 Å². The molecule has 1 atom stereocenters. The fourth-order valence-electron chi connectivity index (χ4n) is 3.35. The molecule has 1 N–H and O–H groups in total. The highest BCUT2D eigenvalue weighted by atomic mass is 35.5. The van der Waals surface area contributed by atoms with E-state index in [1.165, 1.54) is 12.0 Å². The topological polar surface area (TPSA) is 76.1 Å². The summed E-state index contributed by atoms with van der Waals surface area (Å²) < 4.78 is 10.5. The zero-order valence-corrected chi connectivity index (χ0v) is 18.3. The van der Waals surface area contributed by atoms with E-state index in [1.807, 2.05) is 0 Å². The number of carbonyl (C=O) groups excluding carboxylic acids is 2. The smallest absolute Gasteiger partial charge is 0.295 e. The number of ether oxygens (including phenoxy) is 2. The van der Waals surface area contributed by atoms with E-state index in [-0.39, 0.29) is 29.5 Å². The second-order valence-corrected chi connectivity index (χ2v) is 7.60. The van der Waals surface area contributed by atoms with Crippen LogP contribution in [0, 0.1) is 0 Å². The number of nitrogens with zero attached hydrogens (tertiary/aromatic N) is 1. The minimum Gasteiger partial charge on any atom is -0.507 e. The maximum Gasteiger partial charge on any atom is 0.295 e. The summed E-state index contributed by atoms with van der Waals surface area (Å²) in [6, 6.07) is 10.6. The number of aliphatic hydroxyl groups excluding tert-OH is 1. The molecule has 0 aliphatic carbocycles. The van der Waals surface area contributed by atoms with E-state index in [1.54, 1.807) is 48.5 Å². The summed E-state index contributed by atoms with van der Waals surface area (Å²) in [6.45, 7) is 4.32. The highest BCUT2D eigenvalue weighted by Crippen LogP contribution is 2.40. The number of ketones is 1. The Morgan fingerprint density at radius 3 is 2.48 bits per heavy atom. The maximum atomic E-state index is 12.9. The van der Waals surface area contributed by atoms with Crippen LogP contribution in [0.25, 0.3) is 5.76 Å². The van der Waals surface area contributed by atoms with E-state index in [2.05, 4.69) is 6.58 Å². The summed E-state index contributed by atoms with van der Waals surface area (Å²) in [4.78, 5) is 27.0. The number of likely N-dealkylation sites (tertiary alicyclic amines) is 1. The van der Waals surface area contributed by atoms with Crippen LogP contribution in [0.3, 0.4) is 0 Å². The molecular formula is C23H21Cl2NO5. The molecule has 0 radical (unpaired) electrons. The van der Waals surface area contributed by atoms with Gasteiger partial charge < -0.3 is 19.5 Å². The van der Waals surface area contributed by atoms with Gasteiger partial charge in [0, 0.05) is 19.2 Å². The third-order valence-corrected chi connectivity index (χ3v) is 5.57. The van der Waals surface area contributed by atoms with Crippen molar-refractivity contribution in [3.63, 3.8) is 0 Å². The Bertz CT molecular complexity index is 1030. The third-order valence-electron chi connectivity index (χ3n) is 4.83. The van der Waals surface area contributed by atoms with Crippen molar-refractivity contribution in [2.75, 3.05) is 26.9 Å². The molecule has 1 amide bonds. The first-order valence-corrected chi connectivity index (χ1v) is 10.2. The quantitative estimate of drug-likeness (QED) is 0.268. The van der Waals surface area contributed by atoms with Crippen molar-refractivity contribution in [3.05, 3.63) is 81.9 Å². The number of Topliss-reactive ketones (excluding diaryl/α,β-unsaturated/α-hetero) is 1. The number of halogens is 2. The second kappa shape index (κ2) is 10.0. The highest BCUT2D eigenvalue weighted by Gasteiger charge is 2.46. The number of amides is 1. The van der Waals surface area contributed by atoms with Crippen LogP contribution in [0.4, 0.5) is 0 Å². The highest BCUT2D eigenvalue weighted by molar-refractivity contribution is 6.46. The van der Waals surface area contributed by atoms with Gasteiger partial charge in [-0.05, 0) is 42.0 Å². The third kappa shape index (κ3) is 4.77. The first-order valence-electron chi connectivity index (χ1n) is 9.45. The Morgan fingerprint density at radius 2 is 1.87 bits per heavy atom. The van der Waals surface area contributed by atoms with Crippen molar-refractivity contribution in [1.82, 2.24) is 4.90 Å². The average Bonchev–Trinajstić information content (AvgIpc) is 3.02. The number of hydrogen-bond acceptors (Lipinski definition) is 5. The Balaban J connectivity index is 2.09. The number of rotatable bonds is 8. The number of methoxy groups -OCH3 is 1. The molecule has 162 valence electrons. The molecule has 1 fully saturated rings. The summed E-state index contributed by atoms with van der Waals surface area (Å²) in [7, 11) is 1.50. The molecule has 0 spiro atoms. The van der Waals surface area contributed by atoms with Gasteiger partial charge in [0.15, 0.2) is 0 Å². The van der Waals surface area contributed by atoms with Crippen molar-refractivity contribution in [1.29, 1.82) is 0 Å². The Kier molecular flexibility index (Phi) is 7.38. The number of carbonyl (C=O) groups is 2. The van der Waals surface area contributed by atoms with Crippen LogP contribution in [-0.2, 0) is 14.3 Å². The van der Waals surface area contributed by atoms with Gasteiger partial charge in [-0.2, -0.15) is 0 Å². The SMILES string of the molecule is C=CCOc1ccc(C(O)=C2C(=O)C(=O)N(CCOC)C2c2ccc(Cl)c(Cl)c2)cc1. The summed E-state index contributed by atoms with van der Waals surface area (Å²) in [5.74, 6) is -1.21. The molecule has 6 nitrogen and oxygen atoms in total. The zero-order chi connectivity index (χ0) is 22.5. The van der Waals surface area contributed by atoms with E-state index in [9.17, 15) is 14.7 Å². The predicted molar refractivity (Wildman–Crippen MR) is 119 cm³/mol. The van der Waals surface area contributed by atoms with Gasteiger partial charge >= 0.3 is 0 Å². The fraction of sp³-hybridized carbons (Fsp3) is 0.217. The number of hydrogen-bond donors (Lipinski definition) is 1. The van der Waals surface area contributed by atoms with E-state index in [4.69, 9.17) is 32.7 Å². The molecule has 0 bridgehead atoms. The number of aliphatic hydroxyl groups is 1. The van der Waals surface area contributed by atoms with Gasteiger partial charge in [0.2, 0.25) is 0 Å². The lowest BCUT2D eigenvalue weighted by Crippen LogP contribution is -2.32. The standard InChI is InChI=1S/C23H21Cl2NO5/c1-3-11-31-16-7-4-14(5-8-16)21(27)19-20(15-6-9-17(24)18(25)13-15)26(10-12-30-2)23(29)22(19)28/h3-9,13,20,27H,1,10-12H2,2H3. The zero-order valence-electron chi connectivity index (χ0n) is 16.8. The predicted octanol–water partition coefficient (Wildman–Crippen LogP) is 4.63. The van der Waals surface area contributed by atoms with Crippen LogP contribution in [0.1, 0.15) is 17.2 Å². The van der Waals surface area contributed by atoms with Crippen LogP contribution in [0.15, 0.2) is 60.7 Å². The molecule has 1 heterocycles. The van der Waals surface area contributed by atoms with Gasteiger partial charge in [-0.3, -0.25) is 9.59 Å². The van der Waals surface area contributed by atoms with Crippen molar-refractivity contribution in [2.24, 2.45) is 0 Å². The molecule has 2 aromatic carbocycles. The Hall–Kier alpha value is -2.80. The average molecular weight is 462 g/mol. The van der Waals surface area contributed by atoms with E-state index in [0.717, 1.165) is 0 Å². The van der Waals surface area contributed by atoms with Crippen LogP contribution >= 0.6 is 23.2 Å². The summed E-state index contributed by atoms with van der Waals surface area (Å²) in [5.41, 5.74) is 0.900. The maximum absolute atomic E-state index is 12.9. The molecule has 3 rings (SSSR count). The first kappa shape index (κ1) is 22.9. The van der Waals surface area contributed by atoms with E-state index in [0.29, 0.717) is 28.5 Å². The molecule has 1 aliphatic rings. The van der Waals surface area contributed by atoms with E-state index >= 15 is 0 Å². The number of benzene rings is 2. The van der Waals surface area contributed by atoms with Gasteiger partial charge in [-0.15, -0.1) is 0 Å². The van der Waals surface area contributed by atoms with Gasteiger partial charge in [0.05, 0.1) is 28.3 Å². The molecular weight excluding hydrogens is 441 g/mol.